The molecule has 1 aromatic carbocycles. The van der Waals surface area contributed by atoms with Crippen LogP contribution in [0, 0.1) is 17.7 Å². The van der Waals surface area contributed by atoms with Gasteiger partial charge in [-0.15, -0.1) is 0 Å². The van der Waals surface area contributed by atoms with Crippen LogP contribution in [-0.2, 0) is 0 Å². The van der Waals surface area contributed by atoms with Crippen LogP contribution in [0.25, 0.3) is 0 Å². The Kier molecular flexibility index (Phi) is 4.64. The van der Waals surface area contributed by atoms with Crippen molar-refractivity contribution < 1.29 is 4.39 Å². The zero-order valence-corrected chi connectivity index (χ0v) is 9.49. The zero-order valence-electron chi connectivity index (χ0n) is 7.90. The highest BCUT2D eigenvalue weighted by Crippen LogP contribution is 2.17. The molecule has 3 heteroatoms. The molecule has 74 valence electrons. The van der Waals surface area contributed by atoms with Crippen LogP contribution in [0.2, 0.25) is 0 Å². The molecule has 0 unspecified atom stereocenters. The highest BCUT2D eigenvalue weighted by Gasteiger charge is 2.01. The van der Waals surface area contributed by atoms with Gasteiger partial charge in [0.25, 0.3) is 0 Å². The van der Waals surface area contributed by atoms with E-state index in [-0.39, 0.29) is 5.82 Å². The Hall–Kier alpha value is -0.850. The van der Waals surface area contributed by atoms with Gasteiger partial charge in [0, 0.05) is 0 Å². The Balaban J connectivity index is 2.74. The lowest BCUT2D eigenvalue weighted by Crippen LogP contribution is -2.11. The first-order chi connectivity index (χ1) is 6.75. The van der Waals surface area contributed by atoms with Crippen molar-refractivity contribution in [2.75, 3.05) is 13.1 Å². The average molecular weight is 256 g/mol. The van der Waals surface area contributed by atoms with Crippen LogP contribution in [0.4, 0.5) is 4.39 Å². The predicted molar refractivity (Wildman–Crippen MR) is 59.5 cm³/mol. The maximum Gasteiger partial charge on any atom is 0.152 e. The molecular weight excluding hydrogens is 245 g/mol. The van der Waals surface area contributed by atoms with E-state index in [4.69, 9.17) is 0 Å². The molecule has 0 spiro atoms. The van der Waals surface area contributed by atoms with Crippen molar-refractivity contribution in [3.05, 3.63) is 34.1 Å². The maximum absolute atomic E-state index is 13.3. The van der Waals surface area contributed by atoms with E-state index < -0.39 is 0 Å². The number of hydrogen-bond acceptors (Lipinski definition) is 1. The molecule has 0 amide bonds. The molecule has 0 aromatic heterocycles. The third kappa shape index (κ3) is 3.13. The SMILES string of the molecule is CCNCC#Cc1cccc(Br)c1F. The molecule has 1 rings (SSSR count). The number of nitrogens with one attached hydrogen (secondary N) is 1. The highest BCUT2D eigenvalue weighted by atomic mass is 79.9. The van der Waals surface area contributed by atoms with Gasteiger partial charge in [0.15, 0.2) is 5.82 Å². The van der Waals surface area contributed by atoms with E-state index in [0.29, 0.717) is 16.6 Å². The molecule has 0 aliphatic heterocycles. The molecule has 1 nitrogen and oxygen atoms in total. The number of benzene rings is 1. The number of halogens is 2. The number of hydrogen-bond donors (Lipinski definition) is 1. The second kappa shape index (κ2) is 5.79. The minimum atomic E-state index is -0.295. The standard InChI is InChI=1S/C11H11BrFN/c1-2-14-8-4-6-9-5-3-7-10(12)11(9)13/h3,5,7,14H,2,8H2,1H3. The van der Waals surface area contributed by atoms with Crippen molar-refractivity contribution in [2.45, 2.75) is 6.92 Å². The summed E-state index contributed by atoms with van der Waals surface area (Å²) in [6, 6.07) is 5.09. The first kappa shape index (κ1) is 11.2. The predicted octanol–water partition coefficient (Wildman–Crippen LogP) is 2.55. The molecule has 0 saturated carbocycles. The first-order valence-corrected chi connectivity index (χ1v) is 5.18. The fourth-order valence-corrected chi connectivity index (χ4v) is 1.29. The normalized spacial score (nSPS) is 9.36. The lowest BCUT2D eigenvalue weighted by molar-refractivity contribution is 0.617. The summed E-state index contributed by atoms with van der Waals surface area (Å²) < 4.78 is 13.8. The van der Waals surface area contributed by atoms with Crippen molar-refractivity contribution in [3.8, 4) is 11.8 Å². The van der Waals surface area contributed by atoms with E-state index in [1.54, 1.807) is 18.2 Å². The van der Waals surface area contributed by atoms with E-state index >= 15 is 0 Å². The van der Waals surface area contributed by atoms with Crippen LogP contribution in [0.15, 0.2) is 22.7 Å². The van der Waals surface area contributed by atoms with Gasteiger partial charge in [0.2, 0.25) is 0 Å². The fraction of sp³-hybridized carbons (Fsp3) is 0.273. The van der Waals surface area contributed by atoms with E-state index in [9.17, 15) is 4.39 Å². The lowest BCUT2D eigenvalue weighted by Gasteiger charge is -1.96. The quantitative estimate of drug-likeness (QED) is 0.633. The molecule has 0 fully saturated rings. The van der Waals surface area contributed by atoms with Gasteiger partial charge in [-0.25, -0.2) is 4.39 Å². The second-order valence-corrected chi connectivity index (χ2v) is 3.54. The van der Waals surface area contributed by atoms with E-state index in [2.05, 4.69) is 33.1 Å². The molecule has 0 atom stereocenters. The highest BCUT2D eigenvalue weighted by molar-refractivity contribution is 9.10. The summed E-state index contributed by atoms with van der Waals surface area (Å²) in [7, 11) is 0. The largest absolute Gasteiger partial charge is 0.306 e. The summed E-state index contributed by atoms with van der Waals surface area (Å²) >= 11 is 3.11. The van der Waals surface area contributed by atoms with E-state index in [0.717, 1.165) is 6.54 Å². The van der Waals surface area contributed by atoms with Gasteiger partial charge in [-0.1, -0.05) is 24.8 Å². The molecule has 0 saturated heterocycles. The summed E-state index contributed by atoms with van der Waals surface area (Å²) in [4.78, 5) is 0. The topological polar surface area (TPSA) is 12.0 Å². The van der Waals surface area contributed by atoms with Crippen LogP contribution < -0.4 is 5.32 Å². The molecule has 0 bridgehead atoms. The Labute approximate surface area is 91.8 Å². The molecule has 1 N–H and O–H groups in total. The van der Waals surface area contributed by atoms with Gasteiger partial charge in [-0.2, -0.15) is 0 Å². The van der Waals surface area contributed by atoms with Crippen molar-refractivity contribution in [2.24, 2.45) is 0 Å². The summed E-state index contributed by atoms with van der Waals surface area (Å²) in [5, 5.41) is 3.04. The third-order valence-electron chi connectivity index (χ3n) is 1.64. The summed E-state index contributed by atoms with van der Waals surface area (Å²) in [6.45, 7) is 3.46. The smallest absolute Gasteiger partial charge is 0.152 e. The van der Waals surface area contributed by atoms with Gasteiger partial charge >= 0.3 is 0 Å². The summed E-state index contributed by atoms with van der Waals surface area (Å²) in [6.07, 6.45) is 0. The Morgan fingerprint density at radius 3 is 3.00 bits per heavy atom. The third-order valence-corrected chi connectivity index (χ3v) is 2.25. The Morgan fingerprint density at radius 1 is 1.50 bits per heavy atom. The summed E-state index contributed by atoms with van der Waals surface area (Å²) in [5.74, 6) is 5.32. The zero-order chi connectivity index (χ0) is 10.4. The molecule has 14 heavy (non-hydrogen) atoms. The van der Waals surface area contributed by atoms with Crippen LogP contribution in [0.5, 0.6) is 0 Å². The van der Waals surface area contributed by atoms with Crippen LogP contribution >= 0.6 is 15.9 Å². The average Bonchev–Trinajstić information content (AvgIpc) is 2.19. The van der Waals surface area contributed by atoms with Crippen LogP contribution in [-0.4, -0.2) is 13.1 Å². The first-order valence-electron chi connectivity index (χ1n) is 4.39. The van der Waals surface area contributed by atoms with Crippen LogP contribution in [0.3, 0.4) is 0 Å². The molecule has 1 aromatic rings. The van der Waals surface area contributed by atoms with E-state index in [1.165, 1.54) is 0 Å². The Morgan fingerprint density at radius 2 is 2.29 bits per heavy atom. The van der Waals surface area contributed by atoms with Gasteiger partial charge in [0.1, 0.15) is 0 Å². The molecule has 0 aliphatic carbocycles. The van der Waals surface area contributed by atoms with Gasteiger partial charge in [0.05, 0.1) is 16.6 Å². The van der Waals surface area contributed by atoms with Gasteiger partial charge in [-0.05, 0) is 34.6 Å². The molecule has 0 aliphatic rings. The lowest BCUT2D eigenvalue weighted by atomic mass is 10.2. The molecular formula is C11H11BrFN. The maximum atomic E-state index is 13.3. The molecule has 0 heterocycles. The van der Waals surface area contributed by atoms with E-state index in [1.807, 2.05) is 6.92 Å². The number of rotatable bonds is 2. The molecule has 0 radical (unpaired) electrons. The van der Waals surface area contributed by atoms with Crippen LogP contribution in [0.1, 0.15) is 12.5 Å². The van der Waals surface area contributed by atoms with Crippen molar-refractivity contribution in [1.82, 2.24) is 5.32 Å². The minimum Gasteiger partial charge on any atom is -0.306 e. The Bertz CT molecular complexity index is 365. The van der Waals surface area contributed by atoms with Gasteiger partial charge < -0.3 is 5.32 Å². The monoisotopic (exact) mass is 255 g/mol. The fourth-order valence-electron chi connectivity index (χ4n) is 0.927. The summed E-state index contributed by atoms with van der Waals surface area (Å²) in [5.41, 5.74) is 0.428. The van der Waals surface area contributed by atoms with Gasteiger partial charge in [-0.3, -0.25) is 0 Å². The second-order valence-electron chi connectivity index (χ2n) is 2.68. The minimum absolute atomic E-state index is 0.295. The van der Waals surface area contributed by atoms with Crippen molar-refractivity contribution in [1.29, 1.82) is 0 Å². The van der Waals surface area contributed by atoms with Crippen molar-refractivity contribution >= 4 is 15.9 Å². The van der Waals surface area contributed by atoms with Crippen molar-refractivity contribution in [3.63, 3.8) is 0 Å².